The zero-order valence-corrected chi connectivity index (χ0v) is 12.7. The van der Waals surface area contributed by atoms with E-state index in [1.165, 1.54) is 6.07 Å². The lowest BCUT2D eigenvalue weighted by Gasteiger charge is -2.36. The quantitative estimate of drug-likeness (QED) is 0.915. The largest absolute Gasteiger partial charge is 0.364 e. The molecule has 112 valence electrons. The highest BCUT2D eigenvalue weighted by Crippen LogP contribution is 2.29. The molecule has 1 aliphatic heterocycles. The molecule has 2 rings (SSSR count). The lowest BCUT2D eigenvalue weighted by atomic mass is 10.0. The van der Waals surface area contributed by atoms with Gasteiger partial charge >= 0.3 is 0 Å². The number of hydrogen-bond donors (Lipinski definition) is 1. The van der Waals surface area contributed by atoms with Gasteiger partial charge < -0.3 is 10.6 Å². The summed E-state index contributed by atoms with van der Waals surface area (Å²) in [4.78, 5) is 1.86. The molecule has 20 heavy (non-hydrogen) atoms. The Morgan fingerprint density at radius 1 is 1.50 bits per heavy atom. The average Bonchev–Trinajstić information content (AvgIpc) is 2.29. The van der Waals surface area contributed by atoms with Crippen molar-refractivity contribution >= 4 is 15.5 Å². The first-order chi connectivity index (χ1) is 9.30. The highest BCUT2D eigenvalue weighted by atomic mass is 32.2. The molecule has 1 aliphatic rings. The van der Waals surface area contributed by atoms with Gasteiger partial charge in [0.1, 0.15) is 5.82 Å². The highest BCUT2D eigenvalue weighted by molar-refractivity contribution is 7.91. The number of para-hydroxylation sites is 1. The predicted molar refractivity (Wildman–Crippen MR) is 79.2 cm³/mol. The molecular formula is C14H21FN2O2S. The monoisotopic (exact) mass is 300 g/mol. The summed E-state index contributed by atoms with van der Waals surface area (Å²) >= 11 is 0. The van der Waals surface area contributed by atoms with E-state index in [0.717, 1.165) is 5.56 Å². The number of nitrogens with zero attached hydrogens (tertiary/aromatic N) is 1. The van der Waals surface area contributed by atoms with Gasteiger partial charge in [-0.25, -0.2) is 12.8 Å². The smallest absolute Gasteiger partial charge is 0.154 e. The second-order valence-electron chi connectivity index (χ2n) is 5.59. The van der Waals surface area contributed by atoms with Gasteiger partial charge in [0.15, 0.2) is 9.84 Å². The molecule has 1 saturated heterocycles. The maximum absolute atomic E-state index is 14.2. The number of anilines is 1. The third-order valence-corrected chi connectivity index (χ3v) is 5.36. The number of hydrogen-bond acceptors (Lipinski definition) is 4. The average molecular weight is 300 g/mol. The first kappa shape index (κ1) is 15.3. The molecule has 2 atom stereocenters. The van der Waals surface area contributed by atoms with Crippen LogP contribution in [-0.4, -0.2) is 38.6 Å². The van der Waals surface area contributed by atoms with Crippen LogP contribution >= 0.6 is 0 Å². The number of benzene rings is 1. The van der Waals surface area contributed by atoms with Gasteiger partial charge in [-0.3, -0.25) is 0 Å². The third-order valence-electron chi connectivity index (χ3n) is 3.57. The minimum atomic E-state index is -3.01. The van der Waals surface area contributed by atoms with E-state index in [1.807, 2.05) is 24.8 Å². The van der Waals surface area contributed by atoms with Gasteiger partial charge in [0, 0.05) is 18.6 Å². The summed E-state index contributed by atoms with van der Waals surface area (Å²) in [5.74, 6) is -0.170. The van der Waals surface area contributed by atoms with Crippen molar-refractivity contribution in [2.45, 2.75) is 32.4 Å². The summed E-state index contributed by atoms with van der Waals surface area (Å²) in [6.07, 6.45) is 0.572. The first-order valence-corrected chi connectivity index (χ1v) is 8.62. The molecule has 0 radical (unpaired) electrons. The Balaban J connectivity index is 2.37. The van der Waals surface area contributed by atoms with E-state index >= 15 is 0 Å². The van der Waals surface area contributed by atoms with Crippen molar-refractivity contribution in [2.24, 2.45) is 5.73 Å². The van der Waals surface area contributed by atoms with E-state index in [0.29, 0.717) is 18.7 Å². The van der Waals surface area contributed by atoms with Crippen molar-refractivity contribution in [3.05, 3.63) is 29.6 Å². The molecule has 2 unspecified atom stereocenters. The minimum Gasteiger partial charge on any atom is -0.364 e. The lowest BCUT2D eigenvalue weighted by molar-refractivity contribution is 0.556. The van der Waals surface area contributed by atoms with E-state index in [2.05, 4.69) is 0 Å². The maximum atomic E-state index is 14.2. The van der Waals surface area contributed by atoms with Crippen LogP contribution in [-0.2, 0) is 16.3 Å². The molecular weight excluding hydrogens is 279 g/mol. The van der Waals surface area contributed by atoms with Gasteiger partial charge in [-0.15, -0.1) is 0 Å². The van der Waals surface area contributed by atoms with E-state index in [4.69, 9.17) is 5.73 Å². The van der Waals surface area contributed by atoms with Crippen molar-refractivity contribution < 1.29 is 12.8 Å². The van der Waals surface area contributed by atoms with Crippen molar-refractivity contribution in [2.75, 3.05) is 23.0 Å². The molecule has 1 aromatic rings. The Bertz CT molecular complexity index is 587. The fraction of sp³-hybridized carbons (Fsp3) is 0.571. The van der Waals surface area contributed by atoms with Crippen LogP contribution in [0.2, 0.25) is 0 Å². The summed E-state index contributed by atoms with van der Waals surface area (Å²) in [6.45, 7) is 4.02. The van der Waals surface area contributed by atoms with Crippen LogP contribution in [0, 0.1) is 5.82 Å². The Morgan fingerprint density at radius 3 is 2.80 bits per heavy atom. The molecule has 0 bridgehead atoms. The van der Waals surface area contributed by atoms with Crippen molar-refractivity contribution in [1.29, 1.82) is 0 Å². The lowest BCUT2D eigenvalue weighted by Crippen LogP contribution is -2.47. The van der Waals surface area contributed by atoms with Crippen LogP contribution in [0.25, 0.3) is 0 Å². The second kappa shape index (κ2) is 5.69. The summed E-state index contributed by atoms with van der Waals surface area (Å²) < 4.78 is 37.5. The number of nitrogens with two attached hydrogens (primary N) is 1. The van der Waals surface area contributed by atoms with Gasteiger partial charge in [-0.2, -0.15) is 0 Å². The molecule has 1 aromatic carbocycles. The normalized spacial score (nSPS) is 23.6. The van der Waals surface area contributed by atoms with E-state index in [9.17, 15) is 12.8 Å². The van der Waals surface area contributed by atoms with E-state index in [1.54, 1.807) is 6.07 Å². The molecule has 4 nitrogen and oxygen atoms in total. The molecule has 6 heteroatoms. The summed E-state index contributed by atoms with van der Waals surface area (Å²) in [5, 5.41) is 0. The minimum absolute atomic E-state index is 0.0684. The molecule has 2 N–H and O–H groups in total. The van der Waals surface area contributed by atoms with Crippen LogP contribution in [0.3, 0.4) is 0 Å². The number of halogens is 1. The topological polar surface area (TPSA) is 63.4 Å². The molecule has 1 heterocycles. The van der Waals surface area contributed by atoms with E-state index in [-0.39, 0.29) is 29.4 Å². The van der Waals surface area contributed by atoms with Gasteiger partial charge in [-0.1, -0.05) is 12.1 Å². The van der Waals surface area contributed by atoms with Crippen molar-refractivity contribution in [3.8, 4) is 0 Å². The summed E-state index contributed by atoms with van der Waals surface area (Å²) in [7, 11) is -3.01. The maximum Gasteiger partial charge on any atom is 0.154 e. The fourth-order valence-electron chi connectivity index (χ4n) is 2.72. The fourth-order valence-corrected chi connectivity index (χ4v) is 4.28. The highest BCUT2D eigenvalue weighted by Gasteiger charge is 2.30. The number of rotatable bonds is 3. The third kappa shape index (κ3) is 3.30. The standard InChI is InChI=1S/C14H21FN2O2S/c1-10(16)8-12-4-3-5-13(15)14(12)17-6-7-20(18,19)9-11(17)2/h3-5,10-11H,6-9,16H2,1-2H3. The van der Waals surface area contributed by atoms with Crippen LogP contribution in [0.1, 0.15) is 19.4 Å². The van der Waals surface area contributed by atoms with Gasteiger partial charge in [-0.05, 0) is 31.9 Å². The second-order valence-corrected chi connectivity index (χ2v) is 7.81. The van der Waals surface area contributed by atoms with E-state index < -0.39 is 9.84 Å². The number of sulfone groups is 1. The van der Waals surface area contributed by atoms with Crippen LogP contribution in [0.15, 0.2) is 18.2 Å². The van der Waals surface area contributed by atoms with Crippen molar-refractivity contribution in [1.82, 2.24) is 0 Å². The Kier molecular flexibility index (Phi) is 4.34. The molecule has 0 aromatic heterocycles. The zero-order chi connectivity index (χ0) is 14.9. The van der Waals surface area contributed by atoms with Crippen LogP contribution in [0.4, 0.5) is 10.1 Å². The van der Waals surface area contributed by atoms with Crippen LogP contribution in [0.5, 0.6) is 0 Å². The predicted octanol–water partition coefficient (Wildman–Crippen LogP) is 1.34. The Labute approximate surface area is 119 Å². The molecule has 0 spiro atoms. The molecule has 0 amide bonds. The van der Waals surface area contributed by atoms with Crippen LogP contribution < -0.4 is 10.6 Å². The summed E-state index contributed by atoms with van der Waals surface area (Å²) in [6, 6.07) is 4.65. The van der Waals surface area contributed by atoms with Gasteiger partial charge in [0.2, 0.25) is 0 Å². The zero-order valence-electron chi connectivity index (χ0n) is 11.8. The Hall–Kier alpha value is -1.14. The SMILES string of the molecule is CC(N)Cc1cccc(F)c1N1CCS(=O)(=O)CC1C. The van der Waals surface area contributed by atoms with Gasteiger partial charge in [0.25, 0.3) is 0 Å². The first-order valence-electron chi connectivity index (χ1n) is 6.80. The molecule has 0 saturated carbocycles. The van der Waals surface area contributed by atoms with Crippen molar-refractivity contribution in [3.63, 3.8) is 0 Å². The Morgan fingerprint density at radius 2 is 2.20 bits per heavy atom. The summed E-state index contributed by atoms with van der Waals surface area (Å²) in [5.41, 5.74) is 7.16. The molecule has 1 fully saturated rings. The van der Waals surface area contributed by atoms with Gasteiger partial charge in [0.05, 0.1) is 17.2 Å². The molecule has 0 aliphatic carbocycles.